The van der Waals surface area contributed by atoms with Crippen LogP contribution in [0.15, 0.2) is 42.5 Å². The lowest BCUT2D eigenvalue weighted by molar-refractivity contribution is -0.274. The van der Waals surface area contributed by atoms with Gasteiger partial charge in [-0.05, 0) is 42.3 Å². The second-order valence-electron chi connectivity index (χ2n) is 5.54. The van der Waals surface area contributed by atoms with E-state index in [1.807, 2.05) is 6.92 Å². The Morgan fingerprint density at radius 1 is 1.20 bits per heavy atom. The van der Waals surface area contributed by atoms with Gasteiger partial charge >= 0.3 is 6.36 Å². The van der Waals surface area contributed by atoms with Gasteiger partial charge in [0.05, 0.1) is 22.7 Å². The molecule has 4 nitrogen and oxygen atoms in total. The van der Waals surface area contributed by atoms with Crippen molar-refractivity contribution < 1.29 is 17.9 Å². The lowest BCUT2D eigenvalue weighted by Gasteiger charge is -2.14. The van der Waals surface area contributed by atoms with Gasteiger partial charge < -0.3 is 9.72 Å². The molecule has 25 heavy (non-hydrogen) atoms. The topological polar surface area (TPSA) is 61.7 Å². The number of imidazole rings is 1. The highest BCUT2D eigenvalue weighted by molar-refractivity contribution is 5.77. The van der Waals surface area contributed by atoms with E-state index >= 15 is 0 Å². The first-order chi connectivity index (χ1) is 11.9. The van der Waals surface area contributed by atoms with Crippen molar-refractivity contribution in [2.75, 3.05) is 0 Å². The van der Waals surface area contributed by atoms with Crippen LogP contribution < -0.4 is 4.74 Å². The van der Waals surface area contributed by atoms with E-state index in [1.54, 1.807) is 30.3 Å². The van der Waals surface area contributed by atoms with E-state index in [9.17, 15) is 13.2 Å². The zero-order valence-corrected chi connectivity index (χ0v) is 13.3. The number of benzene rings is 2. The minimum atomic E-state index is -4.71. The Balaban J connectivity index is 1.90. The predicted octanol–water partition coefficient (Wildman–Crippen LogP) is 4.88. The highest BCUT2D eigenvalue weighted by Crippen LogP contribution is 2.30. The van der Waals surface area contributed by atoms with E-state index in [1.165, 1.54) is 12.1 Å². The summed E-state index contributed by atoms with van der Waals surface area (Å²) in [6.45, 7) is 1.97. The van der Waals surface area contributed by atoms with Crippen molar-refractivity contribution in [1.29, 1.82) is 5.26 Å². The second kappa shape index (κ2) is 6.48. The third-order valence-electron chi connectivity index (χ3n) is 3.88. The molecule has 1 N–H and O–H groups in total. The van der Waals surface area contributed by atoms with Crippen molar-refractivity contribution >= 4 is 11.0 Å². The smallest absolute Gasteiger partial charge is 0.406 e. The molecule has 0 spiro atoms. The van der Waals surface area contributed by atoms with Gasteiger partial charge in [0.25, 0.3) is 0 Å². The monoisotopic (exact) mass is 345 g/mol. The van der Waals surface area contributed by atoms with E-state index < -0.39 is 6.36 Å². The number of hydrogen-bond donors (Lipinski definition) is 1. The predicted molar refractivity (Wildman–Crippen MR) is 86.1 cm³/mol. The number of alkyl halides is 3. The van der Waals surface area contributed by atoms with Crippen LogP contribution >= 0.6 is 0 Å². The summed E-state index contributed by atoms with van der Waals surface area (Å²) in [6, 6.07) is 13.0. The van der Waals surface area contributed by atoms with E-state index in [2.05, 4.69) is 20.8 Å². The Labute approximate surface area is 141 Å². The summed E-state index contributed by atoms with van der Waals surface area (Å²) in [5.74, 6) is 0.351. The molecule has 0 aliphatic carbocycles. The van der Waals surface area contributed by atoms with Gasteiger partial charge in [0, 0.05) is 5.92 Å². The van der Waals surface area contributed by atoms with E-state index in [-0.39, 0.29) is 11.7 Å². The Bertz CT molecular complexity index is 923. The van der Waals surface area contributed by atoms with E-state index in [4.69, 9.17) is 5.26 Å². The third kappa shape index (κ3) is 3.74. The number of nitriles is 1. The summed E-state index contributed by atoms with van der Waals surface area (Å²) >= 11 is 0. The van der Waals surface area contributed by atoms with Crippen LogP contribution in [-0.2, 0) is 0 Å². The summed E-state index contributed by atoms with van der Waals surface area (Å²) in [4.78, 5) is 7.74. The molecule has 0 radical (unpaired) electrons. The SMILES string of the molecule is CCC(c1ccc(OC(F)(F)F)cc1)c1nc2ccc(C#N)cc2[nH]1. The highest BCUT2D eigenvalue weighted by Gasteiger charge is 2.31. The van der Waals surface area contributed by atoms with Crippen LogP contribution in [0.4, 0.5) is 13.2 Å². The molecule has 3 rings (SSSR count). The number of aromatic nitrogens is 2. The maximum absolute atomic E-state index is 12.3. The summed E-state index contributed by atoms with van der Waals surface area (Å²) < 4.78 is 40.6. The van der Waals surface area contributed by atoms with Gasteiger partial charge in [-0.1, -0.05) is 19.1 Å². The Kier molecular flexibility index (Phi) is 4.36. The molecule has 2 aromatic carbocycles. The van der Waals surface area contributed by atoms with Gasteiger partial charge in [-0.2, -0.15) is 5.26 Å². The fraction of sp³-hybridized carbons (Fsp3) is 0.222. The normalized spacial score (nSPS) is 12.8. The largest absolute Gasteiger partial charge is 0.573 e. The van der Waals surface area contributed by atoms with Crippen molar-refractivity contribution in [1.82, 2.24) is 9.97 Å². The Morgan fingerprint density at radius 2 is 1.92 bits per heavy atom. The molecular formula is C18H14F3N3O. The molecule has 7 heteroatoms. The quantitative estimate of drug-likeness (QED) is 0.733. The first kappa shape index (κ1) is 16.8. The number of H-pyrrole nitrogens is 1. The molecule has 0 aliphatic rings. The minimum Gasteiger partial charge on any atom is -0.406 e. The molecule has 1 aromatic heterocycles. The highest BCUT2D eigenvalue weighted by atomic mass is 19.4. The molecule has 1 heterocycles. The lowest BCUT2D eigenvalue weighted by Crippen LogP contribution is -2.17. The fourth-order valence-corrected chi connectivity index (χ4v) is 2.75. The van der Waals surface area contributed by atoms with Gasteiger partial charge in [0.15, 0.2) is 0 Å². The first-order valence-corrected chi connectivity index (χ1v) is 7.65. The van der Waals surface area contributed by atoms with Gasteiger partial charge in [-0.3, -0.25) is 0 Å². The van der Waals surface area contributed by atoms with Crippen LogP contribution in [0.1, 0.15) is 36.2 Å². The standard InChI is InChI=1S/C18H14F3N3O/c1-2-14(12-4-6-13(7-5-12)25-18(19,20)21)17-23-15-8-3-11(10-22)9-16(15)24-17/h3-9,14H,2H2,1H3,(H,23,24). The van der Waals surface area contributed by atoms with Gasteiger partial charge in [0.2, 0.25) is 0 Å². The molecule has 0 aliphatic heterocycles. The second-order valence-corrected chi connectivity index (χ2v) is 5.54. The zero-order chi connectivity index (χ0) is 18.0. The van der Waals surface area contributed by atoms with Crippen LogP contribution in [0.25, 0.3) is 11.0 Å². The molecule has 1 atom stereocenters. The van der Waals surface area contributed by atoms with Gasteiger partial charge in [-0.15, -0.1) is 13.2 Å². The molecule has 3 aromatic rings. The maximum atomic E-state index is 12.3. The number of halogens is 3. The fourth-order valence-electron chi connectivity index (χ4n) is 2.75. The molecule has 0 saturated carbocycles. The number of ether oxygens (including phenoxy) is 1. The summed E-state index contributed by atoms with van der Waals surface area (Å²) in [5, 5.41) is 8.97. The lowest BCUT2D eigenvalue weighted by atomic mass is 9.96. The molecule has 0 fully saturated rings. The summed E-state index contributed by atoms with van der Waals surface area (Å²) in [6.07, 6.45) is -3.99. The third-order valence-corrected chi connectivity index (χ3v) is 3.88. The van der Waals surface area contributed by atoms with Crippen molar-refractivity contribution in [2.45, 2.75) is 25.6 Å². The number of nitrogens with one attached hydrogen (secondary N) is 1. The zero-order valence-electron chi connectivity index (χ0n) is 13.3. The Morgan fingerprint density at radius 3 is 2.52 bits per heavy atom. The van der Waals surface area contributed by atoms with Crippen molar-refractivity contribution in [3.05, 3.63) is 59.4 Å². The van der Waals surface area contributed by atoms with Crippen molar-refractivity contribution in [3.63, 3.8) is 0 Å². The van der Waals surface area contributed by atoms with Crippen molar-refractivity contribution in [3.8, 4) is 11.8 Å². The van der Waals surface area contributed by atoms with E-state index in [0.29, 0.717) is 17.8 Å². The average molecular weight is 345 g/mol. The van der Waals surface area contributed by atoms with E-state index in [0.717, 1.165) is 16.6 Å². The van der Waals surface area contributed by atoms with Gasteiger partial charge in [-0.25, -0.2) is 4.98 Å². The molecular weight excluding hydrogens is 331 g/mol. The van der Waals surface area contributed by atoms with Crippen LogP contribution in [0.2, 0.25) is 0 Å². The summed E-state index contributed by atoms with van der Waals surface area (Å²) in [7, 11) is 0. The number of aromatic amines is 1. The van der Waals surface area contributed by atoms with Crippen LogP contribution in [0, 0.1) is 11.3 Å². The van der Waals surface area contributed by atoms with Crippen LogP contribution in [0.3, 0.4) is 0 Å². The molecule has 0 bridgehead atoms. The number of fused-ring (bicyclic) bond motifs is 1. The molecule has 128 valence electrons. The number of nitrogens with zero attached hydrogens (tertiary/aromatic N) is 2. The number of hydrogen-bond acceptors (Lipinski definition) is 3. The molecule has 0 amide bonds. The van der Waals surface area contributed by atoms with Crippen LogP contribution in [0.5, 0.6) is 5.75 Å². The number of rotatable bonds is 4. The first-order valence-electron chi connectivity index (χ1n) is 7.65. The van der Waals surface area contributed by atoms with Crippen molar-refractivity contribution in [2.24, 2.45) is 0 Å². The van der Waals surface area contributed by atoms with Crippen LogP contribution in [-0.4, -0.2) is 16.3 Å². The minimum absolute atomic E-state index is 0.0992. The Hall–Kier alpha value is -3.01. The molecule has 0 saturated heterocycles. The summed E-state index contributed by atoms with van der Waals surface area (Å²) in [5.41, 5.74) is 2.86. The van der Waals surface area contributed by atoms with Gasteiger partial charge in [0.1, 0.15) is 11.6 Å². The molecule has 1 unspecified atom stereocenters. The average Bonchev–Trinajstić information content (AvgIpc) is 2.98. The maximum Gasteiger partial charge on any atom is 0.573 e.